The molecule has 0 radical (unpaired) electrons. The topological polar surface area (TPSA) is 71.6 Å². The van der Waals surface area contributed by atoms with Gasteiger partial charge in [0.1, 0.15) is 12.2 Å². The summed E-state index contributed by atoms with van der Waals surface area (Å²) >= 11 is 0. The Morgan fingerprint density at radius 1 is 1.41 bits per heavy atom. The Bertz CT molecular complexity index is 564. The van der Waals surface area contributed by atoms with Crippen LogP contribution in [0.1, 0.15) is 39.0 Å². The number of aromatic nitrogens is 1. The zero-order valence-electron chi connectivity index (χ0n) is 14.1. The molecule has 0 saturated carbocycles. The molecule has 0 unspecified atom stereocenters. The molecule has 1 aromatic heterocycles. The van der Waals surface area contributed by atoms with Crippen molar-refractivity contribution in [3.63, 3.8) is 0 Å². The first-order valence-corrected chi connectivity index (χ1v) is 10.7. The van der Waals surface area contributed by atoms with E-state index < -0.39 is 8.32 Å². The minimum atomic E-state index is -1.93. The maximum absolute atomic E-state index is 11.5. The van der Waals surface area contributed by atoms with Crippen molar-refractivity contribution in [2.75, 3.05) is 6.61 Å². The second kappa shape index (κ2) is 6.27. The van der Waals surface area contributed by atoms with Crippen molar-refractivity contribution in [3.05, 3.63) is 34.2 Å². The molecule has 0 aromatic carbocycles. The predicted molar refractivity (Wildman–Crippen MR) is 88.4 cm³/mol. The molecule has 1 fully saturated rings. The summed E-state index contributed by atoms with van der Waals surface area (Å²) in [6, 6.07) is 5.04. The summed E-state index contributed by atoms with van der Waals surface area (Å²) in [5.74, 6) is 0. The van der Waals surface area contributed by atoms with E-state index >= 15 is 0 Å². The maximum Gasteiger partial charge on any atom is 0.248 e. The van der Waals surface area contributed by atoms with Crippen LogP contribution in [0.3, 0.4) is 0 Å². The fraction of sp³-hybridized carbons (Fsp3) is 0.688. The molecule has 2 N–H and O–H groups in total. The van der Waals surface area contributed by atoms with E-state index in [-0.39, 0.29) is 35.5 Å². The van der Waals surface area contributed by atoms with Crippen molar-refractivity contribution in [1.29, 1.82) is 0 Å². The monoisotopic (exact) mass is 325 g/mol. The molecule has 124 valence electrons. The highest BCUT2D eigenvalue weighted by atomic mass is 28.4. The van der Waals surface area contributed by atoms with Gasteiger partial charge >= 0.3 is 0 Å². The van der Waals surface area contributed by atoms with E-state index in [0.29, 0.717) is 6.42 Å². The van der Waals surface area contributed by atoms with E-state index in [1.807, 2.05) is 6.07 Å². The Morgan fingerprint density at radius 3 is 2.64 bits per heavy atom. The highest BCUT2D eigenvalue weighted by Gasteiger charge is 2.44. The van der Waals surface area contributed by atoms with Crippen molar-refractivity contribution in [3.8, 4) is 0 Å². The summed E-state index contributed by atoms with van der Waals surface area (Å²) in [7, 11) is -1.93. The first kappa shape index (κ1) is 17.4. The second-order valence-electron chi connectivity index (χ2n) is 7.47. The van der Waals surface area contributed by atoms with Gasteiger partial charge in [-0.2, -0.15) is 0 Å². The Labute approximate surface area is 132 Å². The van der Waals surface area contributed by atoms with Gasteiger partial charge in [-0.05, 0) is 24.2 Å². The molecule has 2 heterocycles. The largest absolute Gasteiger partial charge is 0.411 e. The number of aliphatic hydroxyl groups is 1. The predicted octanol–water partition coefficient (Wildman–Crippen LogP) is 2.59. The number of aliphatic hydroxyl groups excluding tert-OH is 1. The first-order chi connectivity index (χ1) is 10.1. The van der Waals surface area contributed by atoms with Gasteiger partial charge in [0.2, 0.25) is 5.56 Å². The normalized spacial score (nSPS) is 26.4. The van der Waals surface area contributed by atoms with Gasteiger partial charge in [0.25, 0.3) is 0 Å². The molecule has 1 saturated heterocycles. The second-order valence-corrected chi connectivity index (χ2v) is 12.2. The molecule has 1 aromatic rings. The minimum absolute atomic E-state index is 0.0765. The third-order valence-corrected chi connectivity index (χ3v) is 9.27. The number of ether oxygens (including phenoxy) is 1. The lowest BCUT2D eigenvalue weighted by Gasteiger charge is -2.39. The summed E-state index contributed by atoms with van der Waals surface area (Å²) in [5.41, 5.74) is 0.600. The molecule has 0 spiro atoms. The molecular formula is C16H27NO4Si. The fourth-order valence-corrected chi connectivity index (χ4v) is 3.77. The van der Waals surface area contributed by atoms with E-state index in [9.17, 15) is 9.90 Å². The van der Waals surface area contributed by atoms with Crippen LogP contribution in [-0.4, -0.2) is 37.2 Å². The molecule has 3 atom stereocenters. The van der Waals surface area contributed by atoms with Gasteiger partial charge in [-0.15, -0.1) is 0 Å². The van der Waals surface area contributed by atoms with Crippen LogP contribution in [-0.2, 0) is 9.16 Å². The quantitative estimate of drug-likeness (QED) is 0.835. The SMILES string of the molecule is CC(C)(C)[Si](C)(C)O[C@H]1C[C@H](c2cccc(=O)[nH]2)O[C@@H]1CO. The number of aromatic amines is 1. The van der Waals surface area contributed by atoms with Gasteiger partial charge in [0, 0.05) is 18.2 Å². The van der Waals surface area contributed by atoms with Crippen molar-refractivity contribution in [2.45, 2.75) is 63.6 Å². The zero-order valence-corrected chi connectivity index (χ0v) is 15.1. The van der Waals surface area contributed by atoms with Gasteiger partial charge in [-0.1, -0.05) is 26.8 Å². The lowest BCUT2D eigenvalue weighted by molar-refractivity contribution is -0.0206. The molecule has 5 nitrogen and oxygen atoms in total. The average Bonchev–Trinajstić information content (AvgIpc) is 2.79. The van der Waals surface area contributed by atoms with Gasteiger partial charge < -0.3 is 19.3 Å². The summed E-state index contributed by atoms with van der Waals surface area (Å²) in [6.07, 6.45) is -0.0687. The van der Waals surface area contributed by atoms with Crippen LogP contribution in [0.2, 0.25) is 18.1 Å². The Hall–Kier alpha value is -0.953. The summed E-state index contributed by atoms with van der Waals surface area (Å²) in [6.45, 7) is 10.9. The number of H-pyrrole nitrogens is 1. The standard InChI is InChI=1S/C16H27NO4Si/c1-16(2,3)22(4,5)21-13-9-12(20-14(13)10-18)11-7-6-8-15(19)17-11/h6-8,12-14,18H,9-10H2,1-5H3,(H,17,19)/t12-,13+,14-/m1/s1. The van der Waals surface area contributed by atoms with Gasteiger partial charge in [-0.25, -0.2) is 0 Å². The van der Waals surface area contributed by atoms with Crippen LogP contribution in [0.15, 0.2) is 23.0 Å². The molecule has 2 rings (SSSR count). The molecule has 0 bridgehead atoms. The van der Waals surface area contributed by atoms with Crippen LogP contribution in [0, 0.1) is 0 Å². The molecule has 0 aliphatic carbocycles. The van der Waals surface area contributed by atoms with Crippen LogP contribution < -0.4 is 5.56 Å². The highest BCUT2D eigenvalue weighted by molar-refractivity contribution is 6.74. The average molecular weight is 325 g/mol. The van der Waals surface area contributed by atoms with E-state index in [1.54, 1.807) is 6.07 Å². The van der Waals surface area contributed by atoms with Crippen LogP contribution in [0.4, 0.5) is 0 Å². The molecule has 22 heavy (non-hydrogen) atoms. The fourth-order valence-electron chi connectivity index (χ4n) is 2.41. The van der Waals surface area contributed by atoms with E-state index in [1.165, 1.54) is 6.07 Å². The van der Waals surface area contributed by atoms with E-state index in [0.717, 1.165) is 5.69 Å². The number of hydrogen-bond donors (Lipinski definition) is 2. The Morgan fingerprint density at radius 2 is 2.09 bits per heavy atom. The highest BCUT2D eigenvalue weighted by Crippen LogP contribution is 2.41. The number of nitrogens with one attached hydrogen (secondary N) is 1. The Kier molecular flexibility index (Phi) is 4.96. The third-order valence-electron chi connectivity index (χ3n) is 4.77. The molecule has 1 aliphatic heterocycles. The number of hydrogen-bond acceptors (Lipinski definition) is 4. The molecule has 1 aliphatic rings. The lowest BCUT2D eigenvalue weighted by atomic mass is 10.1. The summed E-state index contributed by atoms with van der Waals surface area (Å²) < 4.78 is 12.3. The molecular weight excluding hydrogens is 298 g/mol. The van der Waals surface area contributed by atoms with Crippen LogP contribution >= 0.6 is 0 Å². The summed E-state index contributed by atoms with van der Waals surface area (Å²) in [5, 5.41) is 9.70. The van der Waals surface area contributed by atoms with E-state index in [2.05, 4.69) is 38.8 Å². The van der Waals surface area contributed by atoms with Gasteiger partial charge in [0.05, 0.1) is 12.7 Å². The number of rotatable bonds is 4. The van der Waals surface area contributed by atoms with Crippen LogP contribution in [0.25, 0.3) is 0 Å². The van der Waals surface area contributed by atoms with Crippen molar-refractivity contribution in [1.82, 2.24) is 4.98 Å². The Balaban J connectivity index is 2.15. The smallest absolute Gasteiger partial charge is 0.248 e. The first-order valence-electron chi connectivity index (χ1n) is 7.77. The number of pyridine rings is 1. The lowest BCUT2D eigenvalue weighted by Crippen LogP contribution is -2.46. The van der Waals surface area contributed by atoms with Crippen LogP contribution in [0.5, 0.6) is 0 Å². The third kappa shape index (κ3) is 3.68. The van der Waals surface area contributed by atoms with Gasteiger partial charge in [0.15, 0.2) is 8.32 Å². The van der Waals surface area contributed by atoms with E-state index in [4.69, 9.17) is 9.16 Å². The van der Waals surface area contributed by atoms with Crippen molar-refractivity contribution < 1.29 is 14.3 Å². The minimum Gasteiger partial charge on any atom is -0.411 e. The maximum atomic E-state index is 11.5. The van der Waals surface area contributed by atoms with Crippen molar-refractivity contribution in [2.24, 2.45) is 0 Å². The molecule has 0 amide bonds. The van der Waals surface area contributed by atoms with Gasteiger partial charge in [-0.3, -0.25) is 4.79 Å². The molecule has 6 heteroatoms. The summed E-state index contributed by atoms with van der Waals surface area (Å²) in [4.78, 5) is 14.3. The zero-order chi connectivity index (χ0) is 16.5. The van der Waals surface area contributed by atoms with Crippen molar-refractivity contribution >= 4 is 8.32 Å².